The molecule has 1 saturated heterocycles. The number of carbonyl (C=O) groups is 1. The molecule has 0 unspecified atom stereocenters. The van der Waals surface area contributed by atoms with Crippen LogP contribution >= 0.6 is 0 Å². The highest BCUT2D eigenvalue weighted by Crippen LogP contribution is 2.19. The van der Waals surface area contributed by atoms with E-state index in [0.717, 1.165) is 44.1 Å². The minimum Gasteiger partial charge on any atom is -0.363 e. The summed E-state index contributed by atoms with van der Waals surface area (Å²) in [4.78, 5) is 26.1. The third kappa shape index (κ3) is 5.41. The van der Waals surface area contributed by atoms with Crippen LogP contribution in [0.15, 0.2) is 18.3 Å². The first-order valence-electron chi connectivity index (χ1n) is 9.23. The van der Waals surface area contributed by atoms with Crippen LogP contribution in [0.25, 0.3) is 0 Å². The summed E-state index contributed by atoms with van der Waals surface area (Å²) in [5.74, 6) is 0.921. The van der Waals surface area contributed by atoms with Crippen LogP contribution in [0.4, 0.5) is 5.82 Å². The van der Waals surface area contributed by atoms with Crippen molar-refractivity contribution in [1.82, 2.24) is 19.7 Å². The largest absolute Gasteiger partial charge is 0.363 e. The summed E-state index contributed by atoms with van der Waals surface area (Å²) in [5, 5.41) is 0. The van der Waals surface area contributed by atoms with Gasteiger partial charge in [-0.2, -0.15) is 0 Å². The molecule has 0 bridgehead atoms. The molecule has 140 valence electrons. The molecule has 1 aromatic heterocycles. The molecule has 2 rings (SSSR count). The molecular weight excluding hydrogens is 314 g/mol. The van der Waals surface area contributed by atoms with Crippen LogP contribution in [0.3, 0.4) is 0 Å². The molecule has 0 spiro atoms. The highest BCUT2D eigenvalue weighted by molar-refractivity contribution is 5.94. The fourth-order valence-electron chi connectivity index (χ4n) is 3.35. The second-order valence-corrected chi connectivity index (χ2v) is 7.28. The number of likely N-dealkylation sites (N-methyl/N-ethyl adjacent to an activating group) is 2. The standard InChI is InChI=1S/C19H33N5O/c1-6-23-11-7-8-17(23)15-24(13-12-21(2)3)19(25)16-9-10-20-18(14-16)22(4)5/h9-10,14,17H,6-8,11-13,15H2,1-5H3/t17-/m1/s1. The van der Waals surface area contributed by atoms with Gasteiger partial charge < -0.3 is 14.7 Å². The summed E-state index contributed by atoms with van der Waals surface area (Å²) in [6.07, 6.45) is 4.13. The average Bonchev–Trinajstić information content (AvgIpc) is 3.05. The Balaban J connectivity index is 2.15. The van der Waals surface area contributed by atoms with Gasteiger partial charge in [0.15, 0.2) is 0 Å². The van der Waals surface area contributed by atoms with E-state index >= 15 is 0 Å². The first-order chi connectivity index (χ1) is 11.9. The van der Waals surface area contributed by atoms with E-state index in [-0.39, 0.29) is 5.91 Å². The van der Waals surface area contributed by atoms with Gasteiger partial charge >= 0.3 is 0 Å². The van der Waals surface area contributed by atoms with Gasteiger partial charge in [0.05, 0.1) is 0 Å². The molecule has 1 fully saturated rings. The number of pyridine rings is 1. The minimum absolute atomic E-state index is 0.107. The Morgan fingerprint density at radius 1 is 1.28 bits per heavy atom. The van der Waals surface area contributed by atoms with Crippen LogP contribution in [0.2, 0.25) is 0 Å². The van der Waals surface area contributed by atoms with Gasteiger partial charge in [-0.3, -0.25) is 9.69 Å². The normalized spacial score (nSPS) is 17.9. The van der Waals surface area contributed by atoms with E-state index < -0.39 is 0 Å². The van der Waals surface area contributed by atoms with Crippen LogP contribution < -0.4 is 4.90 Å². The minimum atomic E-state index is 0.107. The Hall–Kier alpha value is -1.66. The SMILES string of the molecule is CCN1CCC[C@@H]1CN(CCN(C)C)C(=O)c1ccnc(N(C)C)c1. The molecule has 0 N–H and O–H groups in total. The molecule has 1 aliphatic heterocycles. The second-order valence-electron chi connectivity index (χ2n) is 7.28. The number of likely N-dealkylation sites (tertiary alicyclic amines) is 1. The van der Waals surface area contributed by atoms with E-state index in [9.17, 15) is 4.79 Å². The highest BCUT2D eigenvalue weighted by atomic mass is 16.2. The zero-order valence-electron chi connectivity index (χ0n) is 16.4. The van der Waals surface area contributed by atoms with E-state index in [0.29, 0.717) is 6.04 Å². The number of amides is 1. The molecule has 0 radical (unpaired) electrons. The molecule has 6 heteroatoms. The zero-order chi connectivity index (χ0) is 18.4. The fourth-order valence-corrected chi connectivity index (χ4v) is 3.35. The van der Waals surface area contributed by atoms with Crippen molar-refractivity contribution < 1.29 is 4.79 Å². The lowest BCUT2D eigenvalue weighted by atomic mass is 10.1. The van der Waals surface area contributed by atoms with Crippen molar-refractivity contribution in [3.63, 3.8) is 0 Å². The number of hydrogen-bond acceptors (Lipinski definition) is 5. The molecule has 1 aromatic rings. The smallest absolute Gasteiger partial charge is 0.254 e. The Labute approximate surface area is 152 Å². The highest BCUT2D eigenvalue weighted by Gasteiger charge is 2.27. The maximum absolute atomic E-state index is 13.2. The number of nitrogens with zero attached hydrogens (tertiary/aromatic N) is 5. The van der Waals surface area contributed by atoms with Crippen LogP contribution in [0, 0.1) is 0 Å². The van der Waals surface area contributed by atoms with E-state index in [1.54, 1.807) is 6.20 Å². The van der Waals surface area contributed by atoms with Gasteiger partial charge in [0.2, 0.25) is 0 Å². The summed E-state index contributed by atoms with van der Waals surface area (Å²) in [6, 6.07) is 4.19. The molecule has 0 saturated carbocycles. The third-order valence-electron chi connectivity index (χ3n) is 4.89. The van der Waals surface area contributed by atoms with Crippen LogP contribution in [0.5, 0.6) is 0 Å². The van der Waals surface area contributed by atoms with Gasteiger partial charge in [-0.1, -0.05) is 6.92 Å². The number of carbonyl (C=O) groups excluding carboxylic acids is 1. The lowest BCUT2D eigenvalue weighted by Crippen LogP contribution is -2.45. The molecular formula is C19H33N5O. The summed E-state index contributed by atoms with van der Waals surface area (Å²) in [7, 11) is 7.98. The molecule has 1 aliphatic rings. The van der Waals surface area contributed by atoms with Crippen molar-refractivity contribution in [2.75, 3.05) is 65.8 Å². The Morgan fingerprint density at radius 2 is 2.04 bits per heavy atom. The second kappa shape index (κ2) is 9.15. The summed E-state index contributed by atoms with van der Waals surface area (Å²) >= 11 is 0. The lowest BCUT2D eigenvalue weighted by Gasteiger charge is -2.31. The van der Waals surface area contributed by atoms with Crippen molar-refractivity contribution in [3.8, 4) is 0 Å². The summed E-state index contributed by atoms with van der Waals surface area (Å²) in [5.41, 5.74) is 0.721. The first kappa shape index (κ1) is 19.7. The number of anilines is 1. The zero-order valence-corrected chi connectivity index (χ0v) is 16.4. The number of aromatic nitrogens is 1. The third-order valence-corrected chi connectivity index (χ3v) is 4.89. The van der Waals surface area contributed by atoms with E-state index in [1.165, 1.54) is 12.8 Å². The van der Waals surface area contributed by atoms with Crippen molar-refractivity contribution in [2.24, 2.45) is 0 Å². The van der Waals surface area contributed by atoms with Crippen molar-refractivity contribution in [2.45, 2.75) is 25.8 Å². The van der Waals surface area contributed by atoms with Crippen LogP contribution in [-0.2, 0) is 0 Å². The number of hydrogen-bond donors (Lipinski definition) is 0. The van der Waals surface area contributed by atoms with Gasteiger partial charge in [0, 0.05) is 51.5 Å². The van der Waals surface area contributed by atoms with Crippen molar-refractivity contribution in [1.29, 1.82) is 0 Å². The predicted octanol–water partition coefficient (Wildman–Crippen LogP) is 1.64. The van der Waals surface area contributed by atoms with Gasteiger partial charge in [-0.15, -0.1) is 0 Å². The molecule has 0 aliphatic carbocycles. The van der Waals surface area contributed by atoms with Crippen LogP contribution in [0.1, 0.15) is 30.1 Å². The molecule has 25 heavy (non-hydrogen) atoms. The Bertz CT molecular complexity index is 561. The maximum Gasteiger partial charge on any atom is 0.254 e. The maximum atomic E-state index is 13.2. The molecule has 2 heterocycles. The van der Waals surface area contributed by atoms with E-state index in [1.807, 2.05) is 50.1 Å². The lowest BCUT2D eigenvalue weighted by molar-refractivity contribution is 0.0694. The molecule has 6 nitrogen and oxygen atoms in total. The summed E-state index contributed by atoms with van der Waals surface area (Å²) in [6.45, 7) is 6.84. The molecule has 1 atom stereocenters. The van der Waals surface area contributed by atoms with Crippen molar-refractivity contribution in [3.05, 3.63) is 23.9 Å². The molecule has 1 amide bonds. The topological polar surface area (TPSA) is 42.9 Å². The van der Waals surface area contributed by atoms with Crippen LogP contribution in [-0.4, -0.2) is 92.5 Å². The van der Waals surface area contributed by atoms with Gasteiger partial charge in [-0.25, -0.2) is 4.98 Å². The fraction of sp³-hybridized carbons (Fsp3) is 0.684. The van der Waals surface area contributed by atoms with E-state index in [4.69, 9.17) is 0 Å². The quantitative estimate of drug-likeness (QED) is 0.715. The monoisotopic (exact) mass is 347 g/mol. The average molecular weight is 348 g/mol. The Kier molecular flexibility index (Phi) is 7.20. The first-order valence-corrected chi connectivity index (χ1v) is 9.23. The number of rotatable bonds is 8. The van der Waals surface area contributed by atoms with Gasteiger partial charge in [-0.05, 0) is 52.2 Å². The van der Waals surface area contributed by atoms with Gasteiger partial charge in [0.1, 0.15) is 5.82 Å². The van der Waals surface area contributed by atoms with Gasteiger partial charge in [0.25, 0.3) is 5.91 Å². The predicted molar refractivity (Wildman–Crippen MR) is 103 cm³/mol. The van der Waals surface area contributed by atoms with E-state index in [2.05, 4.69) is 21.7 Å². The summed E-state index contributed by atoms with van der Waals surface area (Å²) < 4.78 is 0. The molecule has 0 aromatic carbocycles. The van der Waals surface area contributed by atoms with Crippen molar-refractivity contribution >= 4 is 11.7 Å². The Morgan fingerprint density at radius 3 is 2.68 bits per heavy atom.